The van der Waals surface area contributed by atoms with Crippen molar-refractivity contribution in [3.8, 4) is 0 Å². The number of rotatable bonds is 6. The minimum atomic E-state index is 0.253. The van der Waals surface area contributed by atoms with Gasteiger partial charge in [-0.05, 0) is 31.8 Å². The molecule has 7 heteroatoms. The van der Waals surface area contributed by atoms with Crippen LogP contribution in [0.2, 0.25) is 0 Å². The molecule has 2 aromatic heterocycles. The van der Waals surface area contributed by atoms with E-state index in [1.165, 1.54) is 5.56 Å². The van der Waals surface area contributed by atoms with Gasteiger partial charge in [-0.2, -0.15) is 0 Å². The van der Waals surface area contributed by atoms with E-state index >= 15 is 0 Å². The van der Waals surface area contributed by atoms with Gasteiger partial charge in [0.2, 0.25) is 0 Å². The zero-order valence-corrected chi connectivity index (χ0v) is 15.4. The highest BCUT2D eigenvalue weighted by Gasteiger charge is 2.14. The summed E-state index contributed by atoms with van der Waals surface area (Å²) in [7, 11) is 5.93. The molecule has 0 bridgehead atoms. The van der Waals surface area contributed by atoms with Gasteiger partial charge in [0, 0.05) is 19.8 Å². The first-order valence-corrected chi connectivity index (χ1v) is 8.63. The summed E-state index contributed by atoms with van der Waals surface area (Å²) >= 11 is 0. The molecule has 2 heterocycles. The van der Waals surface area contributed by atoms with Crippen molar-refractivity contribution in [1.29, 1.82) is 0 Å². The summed E-state index contributed by atoms with van der Waals surface area (Å²) < 4.78 is 1.97. The average Bonchev–Trinajstić information content (AvgIpc) is 3.08. The second-order valence-electron chi connectivity index (χ2n) is 6.24. The normalized spacial score (nSPS) is 13.2. The van der Waals surface area contributed by atoms with Gasteiger partial charge in [0.25, 0.3) is 0 Å². The first-order valence-electron chi connectivity index (χ1n) is 8.63. The molecule has 0 fully saturated rings. The molecule has 26 heavy (non-hydrogen) atoms. The van der Waals surface area contributed by atoms with Gasteiger partial charge in [-0.15, -0.1) is 10.2 Å². The number of fused-ring (bicyclic) bond motifs is 1. The van der Waals surface area contributed by atoms with Gasteiger partial charge in [-0.3, -0.25) is 9.39 Å². The second-order valence-corrected chi connectivity index (χ2v) is 6.24. The van der Waals surface area contributed by atoms with E-state index in [2.05, 4.69) is 69.1 Å². The molecule has 136 valence electrons. The van der Waals surface area contributed by atoms with Gasteiger partial charge in [-0.1, -0.05) is 36.4 Å². The van der Waals surface area contributed by atoms with E-state index in [1.807, 2.05) is 34.9 Å². The topological polar surface area (TPSA) is 69.8 Å². The smallest absolute Gasteiger partial charge is 0.191 e. The van der Waals surface area contributed by atoms with E-state index in [9.17, 15) is 0 Å². The highest BCUT2D eigenvalue weighted by molar-refractivity contribution is 5.79. The molecule has 0 aliphatic rings. The Hall–Kier alpha value is -2.93. The number of pyridine rings is 1. The third kappa shape index (κ3) is 4.18. The Balaban J connectivity index is 1.61. The summed E-state index contributed by atoms with van der Waals surface area (Å²) in [6.07, 6.45) is 1.96. The summed E-state index contributed by atoms with van der Waals surface area (Å²) in [6, 6.07) is 16.6. The van der Waals surface area contributed by atoms with Gasteiger partial charge in [0.1, 0.15) is 0 Å². The number of benzene rings is 1. The maximum atomic E-state index is 4.31. The summed E-state index contributed by atoms with van der Waals surface area (Å²) in [5.74, 6) is 1.58. The van der Waals surface area contributed by atoms with E-state index in [1.54, 1.807) is 7.05 Å². The molecule has 0 amide bonds. The highest BCUT2D eigenvalue weighted by Crippen LogP contribution is 2.16. The average molecular weight is 351 g/mol. The van der Waals surface area contributed by atoms with Crippen molar-refractivity contribution in [2.45, 2.75) is 12.6 Å². The number of hydrogen-bond donors (Lipinski definition) is 2. The summed E-state index contributed by atoms with van der Waals surface area (Å²) in [5.41, 5.74) is 2.10. The second kappa shape index (κ2) is 8.44. The van der Waals surface area contributed by atoms with Crippen molar-refractivity contribution in [3.05, 3.63) is 66.1 Å². The van der Waals surface area contributed by atoms with Crippen molar-refractivity contribution in [3.63, 3.8) is 0 Å². The lowest BCUT2D eigenvalue weighted by Crippen LogP contribution is -2.41. The zero-order chi connectivity index (χ0) is 18.4. The number of hydrogen-bond acceptors (Lipinski definition) is 4. The summed E-state index contributed by atoms with van der Waals surface area (Å²) in [6.45, 7) is 1.29. The molecule has 0 spiro atoms. The van der Waals surface area contributed by atoms with Crippen LogP contribution in [-0.4, -0.2) is 53.1 Å². The molecule has 0 saturated heterocycles. The number of guanidine groups is 1. The molecule has 1 unspecified atom stereocenters. The lowest BCUT2D eigenvalue weighted by atomic mass is 10.1. The highest BCUT2D eigenvalue weighted by atomic mass is 15.3. The van der Waals surface area contributed by atoms with Crippen molar-refractivity contribution < 1.29 is 0 Å². The lowest BCUT2D eigenvalue weighted by molar-refractivity contribution is 0.298. The van der Waals surface area contributed by atoms with Crippen LogP contribution in [0.1, 0.15) is 17.4 Å². The Morgan fingerprint density at radius 2 is 1.85 bits per heavy atom. The molecule has 0 aliphatic carbocycles. The molecule has 3 rings (SSSR count). The SMILES string of the molecule is CN=C(NCc1nnc2ccccn12)NCC(c1ccccc1)N(C)C. The van der Waals surface area contributed by atoms with Crippen LogP contribution in [0, 0.1) is 0 Å². The molecule has 1 atom stereocenters. The number of nitrogens with one attached hydrogen (secondary N) is 2. The van der Waals surface area contributed by atoms with E-state index in [-0.39, 0.29) is 6.04 Å². The van der Waals surface area contributed by atoms with Gasteiger partial charge in [0.05, 0.1) is 12.6 Å². The van der Waals surface area contributed by atoms with Crippen molar-refractivity contribution in [2.24, 2.45) is 4.99 Å². The minimum absolute atomic E-state index is 0.253. The Morgan fingerprint density at radius 1 is 1.08 bits per heavy atom. The third-order valence-corrected chi connectivity index (χ3v) is 4.29. The standard InChI is InChI=1S/C19H25N7/c1-20-19(21-13-16(25(2)3)15-9-5-4-6-10-15)22-14-18-24-23-17-11-7-8-12-26(17)18/h4-12,16H,13-14H2,1-3H3,(H2,20,21,22). The number of aromatic nitrogens is 3. The third-order valence-electron chi connectivity index (χ3n) is 4.29. The summed E-state index contributed by atoms with van der Waals surface area (Å²) in [5, 5.41) is 15.1. The first-order chi connectivity index (χ1) is 12.7. The van der Waals surface area contributed by atoms with Crippen molar-refractivity contribution in [1.82, 2.24) is 30.1 Å². The predicted octanol–water partition coefficient (Wildman–Crippen LogP) is 1.70. The number of nitrogens with zero attached hydrogens (tertiary/aromatic N) is 5. The van der Waals surface area contributed by atoms with E-state index in [0.717, 1.165) is 24.0 Å². The van der Waals surface area contributed by atoms with E-state index < -0.39 is 0 Å². The molecule has 0 aliphatic heterocycles. The maximum absolute atomic E-state index is 4.31. The fourth-order valence-electron chi connectivity index (χ4n) is 2.86. The Kier molecular flexibility index (Phi) is 5.80. The molecule has 1 aromatic carbocycles. The number of likely N-dealkylation sites (N-methyl/N-ethyl adjacent to an activating group) is 1. The van der Waals surface area contributed by atoms with Gasteiger partial charge < -0.3 is 15.5 Å². The molecule has 0 radical (unpaired) electrons. The minimum Gasteiger partial charge on any atom is -0.354 e. The van der Waals surface area contributed by atoms with Crippen molar-refractivity contribution >= 4 is 11.6 Å². The van der Waals surface area contributed by atoms with Crippen LogP contribution in [0.3, 0.4) is 0 Å². The van der Waals surface area contributed by atoms with Crippen LogP contribution in [0.15, 0.2) is 59.7 Å². The molecular formula is C19H25N7. The monoisotopic (exact) mass is 351 g/mol. The molecular weight excluding hydrogens is 326 g/mol. The molecule has 7 nitrogen and oxygen atoms in total. The van der Waals surface area contributed by atoms with Crippen LogP contribution in [0.25, 0.3) is 5.65 Å². The molecule has 3 aromatic rings. The van der Waals surface area contributed by atoms with Gasteiger partial charge in [-0.25, -0.2) is 0 Å². The Labute approximate surface area is 153 Å². The van der Waals surface area contributed by atoms with E-state index in [0.29, 0.717) is 6.54 Å². The lowest BCUT2D eigenvalue weighted by Gasteiger charge is -2.26. The van der Waals surface area contributed by atoms with Gasteiger partial charge >= 0.3 is 0 Å². The fourth-order valence-corrected chi connectivity index (χ4v) is 2.86. The van der Waals surface area contributed by atoms with Crippen LogP contribution in [0.5, 0.6) is 0 Å². The van der Waals surface area contributed by atoms with Crippen LogP contribution < -0.4 is 10.6 Å². The van der Waals surface area contributed by atoms with Crippen LogP contribution >= 0.6 is 0 Å². The molecule has 0 saturated carbocycles. The maximum Gasteiger partial charge on any atom is 0.191 e. The Bertz CT molecular complexity index is 854. The van der Waals surface area contributed by atoms with Crippen molar-refractivity contribution in [2.75, 3.05) is 27.7 Å². The van der Waals surface area contributed by atoms with Gasteiger partial charge in [0.15, 0.2) is 17.4 Å². The fraction of sp³-hybridized carbons (Fsp3) is 0.316. The quantitative estimate of drug-likeness (QED) is 0.522. The van der Waals surface area contributed by atoms with E-state index in [4.69, 9.17) is 0 Å². The zero-order valence-electron chi connectivity index (χ0n) is 15.4. The molecule has 2 N–H and O–H groups in total. The largest absolute Gasteiger partial charge is 0.354 e. The Morgan fingerprint density at radius 3 is 2.58 bits per heavy atom. The first kappa shape index (κ1) is 17.9. The van der Waals surface area contributed by atoms with Crippen LogP contribution in [-0.2, 0) is 6.54 Å². The number of aliphatic imine (C=N–C) groups is 1. The summed E-state index contributed by atoms with van der Waals surface area (Å²) in [4.78, 5) is 6.51. The van der Waals surface area contributed by atoms with Crippen LogP contribution in [0.4, 0.5) is 0 Å². The predicted molar refractivity (Wildman–Crippen MR) is 104 cm³/mol.